The van der Waals surface area contributed by atoms with Crippen LogP contribution >= 0.6 is 0 Å². The van der Waals surface area contributed by atoms with E-state index >= 15 is 0 Å². The van der Waals surface area contributed by atoms with Crippen molar-refractivity contribution in [3.63, 3.8) is 0 Å². The van der Waals surface area contributed by atoms with E-state index in [1.807, 2.05) is 6.92 Å². The third-order valence-corrected chi connectivity index (χ3v) is 3.39. The number of imidazole rings is 1. The van der Waals surface area contributed by atoms with Crippen molar-refractivity contribution in [2.24, 2.45) is 0 Å². The first kappa shape index (κ1) is 13.2. The van der Waals surface area contributed by atoms with Crippen molar-refractivity contribution in [1.82, 2.24) is 14.5 Å². The number of rotatable bonds is 3. The fourth-order valence-corrected chi connectivity index (χ4v) is 2.18. The van der Waals surface area contributed by atoms with Crippen molar-refractivity contribution in [2.75, 3.05) is 0 Å². The fourth-order valence-electron chi connectivity index (χ4n) is 2.18. The topological polar surface area (TPSA) is 101 Å². The van der Waals surface area contributed by atoms with Gasteiger partial charge in [0.25, 0.3) is 0 Å². The van der Waals surface area contributed by atoms with Gasteiger partial charge in [0.05, 0.1) is 22.3 Å². The molecule has 7 heteroatoms. The van der Waals surface area contributed by atoms with E-state index in [9.17, 15) is 9.59 Å². The van der Waals surface area contributed by atoms with Crippen LogP contribution in [-0.4, -0.2) is 25.6 Å². The second kappa shape index (κ2) is 4.62. The number of nitrogens with one attached hydrogen (secondary N) is 1. The van der Waals surface area contributed by atoms with Crippen molar-refractivity contribution in [3.05, 3.63) is 51.6 Å². The zero-order valence-electron chi connectivity index (χ0n) is 11.5. The van der Waals surface area contributed by atoms with Gasteiger partial charge in [-0.3, -0.25) is 4.57 Å². The van der Waals surface area contributed by atoms with Gasteiger partial charge >= 0.3 is 11.7 Å². The van der Waals surface area contributed by atoms with Crippen LogP contribution in [-0.2, 0) is 6.54 Å². The van der Waals surface area contributed by atoms with E-state index in [0.29, 0.717) is 22.7 Å². The molecule has 21 heavy (non-hydrogen) atoms. The number of hydrogen-bond donors (Lipinski definition) is 2. The van der Waals surface area contributed by atoms with Crippen LogP contribution in [0.15, 0.2) is 27.4 Å². The second-order valence-corrected chi connectivity index (χ2v) is 4.80. The summed E-state index contributed by atoms with van der Waals surface area (Å²) in [6.45, 7) is 3.77. The number of H-pyrrole nitrogens is 1. The number of benzene rings is 1. The van der Waals surface area contributed by atoms with Crippen LogP contribution in [0.4, 0.5) is 0 Å². The molecule has 0 radical (unpaired) electrons. The highest BCUT2D eigenvalue weighted by atomic mass is 16.4. The van der Waals surface area contributed by atoms with Gasteiger partial charge in [0.15, 0.2) is 0 Å². The first-order chi connectivity index (χ1) is 9.95. The lowest BCUT2D eigenvalue weighted by molar-refractivity contribution is 0.0697. The highest BCUT2D eigenvalue weighted by Crippen LogP contribution is 2.15. The molecule has 1 aromatic carbocycles. The van der Waals surface area contributed by atoms with Crippen molar-refractivity contribution in [1.29, 1.82) is 0 Å². The van der Waals surface area contributed by atoms with Crippen molar-refractivity contribution in [2.45, 2.75) is 20.4 Å². The van der Waals surface area contributed by atoms with Gasteiger partial charge in [0, 0.05) is 0 Å². The number of hydrogen-bond acceptors (Lipinski definition) is 4. The van der Waals surface area contributed by atoms with Gasteiger partial charge < -0.3 is 14.5 Å². The van der Waals surface area contributed by atoms with Gasteiger partial charge in [0.1, 0.15) is 12.3 Å². The number of aryl methyl sites for hydroxylation is 2. The smallest absolute Gasteiger partial charge is 0.335 e. The normalized spacial score (nSPS) is 11.1. The maximum absolute atomic E-state index is 12.0. The van der Waals surface area contributed by atoms with Crippen LogP contribution in [0.3, 0.4) is 0 Å². The molecule has 0 aliphatic heterocycles. The van der Waals surface area contributed by atoms with Gasteiger partial charge in [-0.25, -0.2) is 14.6 Å². The Morgan fingerprint density at radius 2 is 2.19 bits per heavy atom. The SMILES string of the molecule is Cc1nc(Cn2c(=O)[nH]c3ccc(C(=O)O)cc32)oc1C. The molecule has 0 aliphatic carbocycles. The Morgan fingerprint density at radius 3 is 2.81 bits per heavy atom. The maximum Gasteiger partial charge on any atom is 0.335 e. The number of aromatic nitrogens is 3. The standard InChI is InChI=1S/C14H13N3O4/c1-7-8(2)21-12(15-7)6-17-11-5-9(13(18)19)3-4-10(11)16-14(17)20/h3-5H,6H2,1-2H3,(H,16,20)(H,18,19). The summed E-state index contributed by atoms with van der Waals surface area (Å²) < 4.78 is 6.88. The molecule has 0 saturated carbocycles. The Kier molecular flexibility index (Phi) is 2.90. The lowest BCUT2D eigenvalue weighted by atomic mass is 10.2. The molecule has 0 atom stereocenters. The molecular weight excluding hydrogens is 274 g/mol. The first-order valence-corrected chi connectivity index (χ1v) is 6.34. The maximum atomic E-state index is 12.0. The number of aromatic carboxylic acids is 1. The second-order valence-electron chi connectivity index (χ2n) is 4.80. The Bertz CT molecular complexity index is 881. The molecular formula is C14H13N3O4. The minimum Gasteiger partial charge on any atom is -0.478 e. The summed E-state index contributed by atoms with van der Waals surface area (Å²) >= 11 is 0. The molecule has 2 heterocycles. The Hall–Kier alpha value is -2.83. The van der Waals surface area contributed by atoms with Gasteiger partial charge in [-0.15, -0.1) is 0 Å². The average Bonchev–Trinajstić information content (AvgIpc) is 2.90. The number of fused-ring (bicyclic) bond motifs is 1. The van der Waals surface area contributed by atoms with Gasteiger partial charge in [0.2, 0.25) is 5.89 Å². The molecule has 0 spiro atoms. The predicted octanol–water partition coefficient (Wildman–Crippen LogP) is 1.68. The van der Waals surface area contributed by atoms with Crippen molar-refractivity contribution < 1.29 is 14.3 Å². The van der Waals surface area contributed by atoms with E-state index in [0.717, 1.165) is 5.69 Å². The Balaban J connectivity index is 2.12. The number of aromatic amines is 1. The van der Waals surface area contributed by atoms with Crippen LogP contribution in [0.25, 0.3) is 11.0 Å². The van der Waals surface area contributed by atoms with E-state index in [2.05, 4.69) is 9.97 Å². The largest absolute Gasteiger partial charge is 0.478 e. The molecule has 7 nitrogen and oxygen atoms in total. The van der Waals surface area contributed by atoms with E-state index < -0.39 is 5.97 Å². The minimum absolute atomic E-state index is 0.120. The monoisotopic (exact) mass is 287 g/mol. The molecule has 0 saturated heterocycles. The van der Waals surface area contributed by atoms with Crippen LogP contribution in [0.1, 0.15) is 27.7 Å². The highest BCUT2D eigenvalue weighted by molar-refractivity contribution is 5.92. The van der Waals surface area contributed by atoms with Crippen molar-refractivity contribution in [3.8, 4) is 0 Å². The van der Waals surface area contributed by atoms with E-state index in [4.69, 9.17) is 9.52 Å². The van der Waals surface area contributed by atoms with Gasteiger partial charge in [-0.1, -0.05) is 0 Å². The van der Waals surface area contributed by atoms with Gasteiger partial charge in [-0.2, -0.15) is 0 Å². The summed E-state index contributed by atoms with van der Waals surface area (Å²) in [5, 5.41) is 9.04. The third kappa shape index (κ3) is 2.22. The Morgan fingerprint density at radius 1 is 1.43 bits per heavy atom. The summed E-state index contributed by atoms with van der Waals surface area (Å²) in [6.07, 6.45) is 0. The highest BCUT2D eigenvalue weighted by Gasteiger charge is 2.13. The summed E-state index contributed by atoms with van der Waals surface area (Å²) in [6, 6.07) is 4.48. The molecule has 0 unspecified atom stereocenters. The summed E-state index contributed by atoms with van der Waals surface area (Å²) in [4.78, 5) is 30.0. The third-order valence-electron chi connectivity index (χ3n) is 3.39. The molecule has 2 N–H and O–H groups in total. The minimum atomic E-state index is -1.04. The fraction of sp³-hybridized carbons (Fsp3) is 0.214. The molecule has 3 rings (SSSR count). The van der Waals surface area contributed by atoms with Crippen LogP contribution in [0, 0.1) is 13.8 Å². The lowest BCUT2D eigenvalue weighted by Gasteiger charge is -2.01. The zero-order chi connectivity index (χ0) is 15.1. The summed E-state index contributed by atoms with van der Waals surface area (Å²) in [5.74, 6) is 0.0674. The lowest BCUT2D eigenvalue weighted by Crippen LogP contribution is -2.17. The predicted molar refractivity (Wildman–Crippen MR) is 74.6 cm³/mol. The van der Waals surface area contributed by atoms with Crippen LogP contribution < -0.4 is 5.69 Å². The molecule has 3 aromatic rings. The number of nitrogens with zero attached hydrogens (tertiary/aromatic N) is 2. The molecule has 108 valence electrons. The number of oxazole rings is 1. The number of carboxylic acid groups (broad SMARTS) is 1. The molecule has 0 bridgehead atoms. The van der Waals surface area contributed by atoms with Crippen LogP contribution in [0.5, 0.6) is 0 Å². The summed E-state index contributed by atoms with van der Waals surface area (Å²) in [5.41, 5.74) is 1.64. The first-order valence-electron chi connectivity index (χ1n) is 6.34. The zero-order valence-corrected chi connectivity index (χ0v) is 11.5. The number of carbonyl (C=O) groups is 1. The molecule has 2 aromatic heterocycles. The quantitative estimate of drug-likeness (QED) is 0.763. The van der Waals surface area contributed by atoms with Crippen LogP contribution in [0.2, 0.25) is 0 Å². The number of carboxylic acids is 1. The van der Waals surface area contributed by atoms with E-state index in [1.165, 1.54) is 16.7 Å². The average molecular weight is 287 g/mol. The Labute approximate surface area is 118 Å². The molecule has 0 aliphatic rings. The van der Waals surface area contributed by atoms with E-state index in [-0.39, 0.29) is 17.8 Å². The van der Waals surface area contributed by atoms with E-state index in [1.54, 1.807) is 13.0 Å². The molecule has 0 amide bonds. The van der Waals surface area contributed by atoms with Crippen molar-refractivity contribution >= 4 is 17.0 Å². The molecule has 0 fully saturated rings. The summed E-state index contributed by atoms with van der Waals surface area (Å²) in [7, 11) is 0. The van der Waals surface area contributed by atoms with Gasteiger partial charge in [-0.05, 0) is 32.0 Å².